The van der Waals surface area contributed by atoms with E-state index in [9.17, 15) is 4.79 Å². The van der Waals surface area contributed by atoms with Crippen LogP contribution in [0.1, 0.15) is 39.6 Å². The number of aryl methyl sites for hydroxylation is 2. The van der Waals surface area contributed by atoms with Crippen molar-refractivity contribution in [1.29, 1.82) is 0 Å². The van der Waals surface area contributed by atoms with Gasteiger partial charge in [0.05, 0.1) is 11.3 Å². The van der Waals surface area contributed by atoms with Crippen LogP contribution in [0.5, 0.6) is 0 Å². The van der Waals surface area contributed by atoms with Crippen molar-refractivity contribution in [3.8, 4) is 22.6 Å². The van der Waals surface area contributed by atoms with Gasteiger partial charge >= 0.3 is 0 Å². The van der Waals surface area contributed by atoms with Gasteiger partial charge < -0.3 is 9.88 Å². The van der Waals surface area contributed by atoms with E-state index in [0.717, 1.165) is 53.5 Å². The zero-order chi connectivity index (χ0) is 22.1. The van der Waals surface area contributed by atoms with Crippen LogP contribution >= 0.6 is 0 Å². The topological polar surface area (TPSA) is 74.8 Å². The third-order valence-corrected chi connectivity index (χ3v) is 6.20. The molecule has 6 nitrogen and oxygen atoms in total. The largest absolute Gasteiger partial charge is 0.341 e. The molecule has 3 aromatic heterocycles. The molecule has 1 fully saturated rings. The van der Waals surface area contributed by atoms with Gasteiger partial charge in [-0.3, -0.25) is 14.8 Å². The molecule has 160 valence electrons. The van der Waals surface area contributed by atoms with Crippen LogP contribution in [-0.4, -0.2) is 43.8 Å². The Morgan fingerprint density at radius 2 is 1.91 bits per heavy atom. The summed E-state index contributed by atoms with van der Waals surface area (Å²) in [5.41, 5.74) is 6.50. The molecule has 1 unspecified atom stereocenters. The zero-order valence-corrected chi connectivity index (χ0v) is 18.2. The average molecular weight is 424 g/mol. The summed E-state index contributed by atoms with van der Waals surface area (Å²) in [6, 6.07) is 16.2. The van der Waals surface area contributed by atoms with Crippen LogP contribution in [0, 0.1) is 13.8 Å². The molecule has 1 aromatic carbocycles. The molecule has 1 saturated heterocycles. The summed E-state index contributed by atoms with van der Waals surface area (Å²) in [4.78, 5) is 31.8. The fraction of sp³-hybridized carbons (Fsp3) is 0.231. The Morgan fingerprint density at radius 3 is 2.69 bits per heavy atom. The lowest BCUT2D eigenvalue weighted by Crippen LogP contribution is -2.28. The lowest BCUT2D eigenvalue weighted by Gasteiger charge is -2.17. The standard InChI is InChI=1S/C26H25N5O/c1-17-18(2)30-25(29-17)24-13-20(8-10-28-24)22-12-23(15-27-14-22)26(32)31-11-9-21(16-31)19-6-4-3-5-7-19/h3-8,10,12-15,21H,9,11,16H2,1-2H3,(H,29,30). The monoisotopic (exact) mass is 423 g/mol. The number of rotatable bonds is 4. The molecule has 4 aromatic rings. The molecule has 1 atom stereocenters. The first-order valence-electron chi connectivity index (χ1n) is 10.9. The van der Waals surface area contributed by atoms with Gasteiger partial charge in [0.1, 0.15) is 5.69 Å². The van der Waals surface area contributed by atoms with Gasteiger partial charge in [-0.25, -0.2) is 4.98 Å². The average Bonchev–Trinajstić information content (AvgIpc) is 3.46. The molecular weight excluding hydrogens is 398 g/mol. The van der Waals surface area contributed by atoms with Crippen molar-refractivity contribution >= 4 is 5.91 Å². The van der Waals surface area contributed by atoms with E-state index in [1.54, 1.807) is 18.6 Å². The van der Waals surface area contributed by atoms with E-state index in [-0.39, 0.29) is 5.91 Å². The number of H-pyrrole nitrogens is 1. The van der Waals surface area contributed by atoms with E-state index < -0.39 is 0 Å². The molecule has 0 spiro atoms. The number of aromatic amines is 1. The number of imidazole rings is 1. The molecule has 0 bridgehead atoms. The summed E-state index contributed by atoms with van der Waals surface area (Å²) >= 11 is 0. The third kappa shape index (κ3) is 3.91. The second-order valence-electron chi connectivity index (χ2n) is 8.34. The lowest BCUT2D eigenvalue weighted by atomic mass is 9.99. The van der Waals surface area contributed by atoms with Crippen molar-refractivity contribution in [1.82, 2.24) is 24.8 Å². The predicted octanol–water partition coefficient (Wildman–Crippen LogP) is 4.78. The first kappa shape index (κ1) is 20.1. The molecule has 1 aliphatic rings. The van der Waals surface area contributed by atoms with E-state index in [4.69, 9.17) is 0 Å². The molecule has 6 heteroatoms. The number of amides is 1. The molecule has 5 rings (SSSR count). The highest BCUT2D eigenvalue weighted by Gasteiger charge is 2.28. The van der Waals surface area contributed by atoms with Crippen LogP contribution in [-0.2, 0) is 0 Å². The fourth-order valence-electron chi connectivity index (χ4n) is 4.25. The second kappa shape index (κ2) is 8.38. The van der Waals surface area contributed by atoms with E-state index in [1.807, 2.05) is 43.0 Å². The van der Waals surface area contributed by atoms with Crippen molar-refractivity contribution in [2.45, 2.75) is 26.2 Å². The van der Waals surface area contributed by atoms with Crippen LogP contribution in [0.3, 0.4) is 0 Å². The number of hydrogen-bond donors (Lipinski definition) is 1. The SMILES string of the molecule is Cc1nc(-c2cc(-c3cncc(C(=O)N4CCC(c5ccccc5)C4)c3)ccn2)[nH]c1C. The normalized spacial score (nSPS) is 15.8. The number of hydrogen-bond acceptors (Lipinski definition) is 4. The van der Waals surface area contributed by atoms with Crippen molar-refractivity contribution in [3.05, 3.63) is 89.6 Å². The van der Waals surface area contributed by atoms with Gasteiger partial charge in [-0.1, -0.05) is 30.3 Å². The third-order valence-electron chi connectivity index (χ3n) is 6.20. The Balaban J connectivity index is 1.37. The summed E-state index contributed by atoms with van der Waals surface area (Å²) < 4.78 is 0. The van der Waals surface area contributed by atoms with Crippen molar-refractivity contribution in [3.63, 3.8) is 0 Å². The van der Waals surface area contributed by atoms with Gasteiger partial charge in [0.15, 0.2) is 5.82 Å². The van der Waals surface area contributed by atoms with Gasteiger partial charge in [-0.2, -0.15) is 0 Å². The Labute approximate surface area is 187 Å². The fourth-order valence-corrected chi connectivity index (χ4v) is 4.25. The Morgan fingerprint density at radius 1 is 1.06 bits per heavy atom. The molecule has 1 N–H and O–H groups in total. The van der Waals surface area contributed by atoms with Crippen LogP contribution in [0.4, 0.5) is 0 Å². The Kier molecular flexibility index (Phi) is 5.27. The highest BCUT2D eigenvalue weighted by atomic mass is 16.2. The smallest absolute Gasteiger partial charge is 0.255 e. The molecule has 0 radical (unpaired) electrons. The van der Waals surface area contributed by atoms with Gasteiger partial charge in [0.2, 0.25) is 0 Å². The minimum atomic E-state index is 0.0318. The molecule has 1 aliphatic heterocycles. The van der Waals surface area contributed by atoms with Crippen molar-refractivity contribution in [2.75, 3.05) is 13.1 Å². The second-order valence-corrected chi connectivity index (χ2v) is 8.34. The number of pyridine rings is 2. The molecule has 1 amide bonds. The maximum Gasteiger partial charge on any atom is 0.255 e. The summed E-state index contributed by atoms with van der Waals surface area (Å²) in [6.07, 6.45) is 6.18. The van der Waals surface area contributed by atoms with Crippen LogP contribution in [0.2, 0.25) is 0 Å². The van der Waals surface area contributed by atoms with E-state index in [0.29, 0.717) is 11.5 Å². The molecule has 4 heterocycles. The number of likely N-dealkylation sites (tertiary alicyclic amines) is 1. The number of carbonyl (C=O) groups is 1. The lowest BCUT2D eigenvalue weighted by molar-refractivity contribution is 0.0790. The van der Waals surface area contributed by atoms with Gasteiger partial charge in [0.25, 0.3) is 5.91 Å². The maximum absolute atomic E-state index is 13.2. The van der Waals surface area contributed by atoms with E-state index in [2.05, 4.69) is 44.2 Å². The Bertz CT molecular complexity index is 1240. The first-order chi connectivity index (χ1) is 15.6. The summed E-state index contributed by atoms with van der Waals surface area (Å²) in [5.74, 6) is 1.16. The van der Waals surface area contributed by atoms with Crippen LogP contribution < -0.4 is 0 Å². The number of nitrogens with zero attached hydrogens (tertiary/aromatic N) is 4. The number of aromatic nitrogens is 4. The Hall–Kier alpha value is -3.80. The summed E-state index contributed by atoms with van der Waals surface area (Å²) in [6.45, 7) is 5.47. The van der Waals surface area contributed by atoms with Crippen molar-refractivity contribution in [2.24, 2.45) is 0 Å². The van der Waals surface area contributed by atoms with E-state index >= 15 is 0 Å². The minimum absolute atomic E-state index is 0.0318. The number of nitrogens with one attached hydrogen (secondary N) is 1. The molecule has 0 saturated carbocycles. The number of benzene rings is 1. The van der Waals surface area contributed by atoms with Gasteiger partial charge in [-0.05, 0) is 49.6 Å². The molecule has 32 heavy (non-hydrogen) atoms. The highest BCUT2D eigenvalue weighted by molar-refractivity contribution is 5.95. The summed E-state index contributed by atoms with van der Waals surface area (Å²) in [7, 11) is 0. The minimum Gasteiger partial charge on any atom is -0.341 e. The predicted molar refractivity (Wildman–Crippen MR) is 124 cm³/mol. The summed E-state index contributed by atoms with van der Waals surface area (Å²) in [5, 5.41) is 0. The highest BCUT2D eigenvalue weighted by Crippen LogP contribution is 2.29. The van der Waals surface area contributed by atoms with Crippen molar-refractivity contribution < 1.29 is 4.79 Å². The molecular formula is C26H25N5O. The van der Waals surface area contributed by atoms with Gasteiger partial charge in [0, 0.05) is 48.9 Å². The van der Waals surface area contributed by atoms with E-state index in [1.165, 1.54) is 5.56 Å². The van der Waals surface area contributed by atoms with Gasteiger partial charge in [-0.15, -0.1) is 0 Å². The zero-order valence-electron chi connectivity index (χ0n) is 18.2. The quantitative estimate of drug-likeness (QED) is 0.513. The van der Waals surface area contributed by atoms with Crippen LogP contribution in [0.25, 0.3) is 22.6 Å². The first-order valence-corrected chi connectivity index (χ1v) is 10.9. The molecule has 0 aliphatic carbocycles. The number of carbonyl (C=O) groups excluding carboxylic acids is 1. The van der Waals surface area contributed by atoms with Crippen LogP contribution in [0.15, 0.2) is 67.1 Å². The maximum atomic E-state index is 13.2.